The normalized spacial score (nSPS) is 10.7. The number of fused-ring (bicyclic) bond motifs is 1. The third-order valence-electron chi connectivity index (χ3n) is 4.01. The summed E-state index contributed by atoms with van der Waals surface area (Å²) in [6, 6.07) is 19.4. The minimum atomic E-state index is -0.236. The Morgan fingerprint density at radius 1 is 0.963 bits per heavy atom. The number of methoxy groups -OCH3 is 2. The molecule has 0 spiro atoms. The molecule has 6 nitrogen and oxygen atoms in total. The van der Waals surface area contributed by atoms with Crippen molar-refractivity contribution in [1.82, 2.24) is 5.43 Å². The molecule has 0 saturated carbocycles. The molecule has 0 atom stereocenters. The van der Waals surface area contributed by atoms with Crippen LogP contribution in [0.15, 0.2) is 65.8 Å². The van der Waals surface area contributed by atoms with E-state index in [4.69, 9.17) is 9.47 Å². The van der Waals surface area contributed by atoms with Crippen LogP contribution in [-0.2, 0) is 4.79 Å². The second-order valence-electron chi connectivity index (χ2n) is 5.82. The van der Waals surface area contributed by atoms with Crippen LogP contribution >= 0.6 is 0 Å². The number of carbonyl (C=O) groups excluding carboxylic acids is 1. The molecule has 0 heterocycles. The third kappa shape index (κ3) is 4.76. The van der Waals surface area contributed by atoms with Gasteiger partial charge in [0.15, 0.2) is 11.5 Å². The van der Waals surface area contributed by atoms with Crippen LogP contribution in [0, 0.1) is 0 Å². The first-order chi connectivity index (χ1) is 13.2. The van der Waals surface area contributed by atoms with E-state index in [1.165, 1.54) is 0 Å². The summed E-state index contributed by atoms with van der Waals surface area (Å²) in [6.45, 7) is 0.127. The molecule has 1 amide bonds. The topological polar surface area (TPSA) is 72.0 Å². The van der Waals surface area contributed by atoms with E-state index < -0.39 is 0 Å². The zero-order valence-electron chi connectivity index (χ0n) is 15.2. The predicted molar refractivity (Wildman–Crippen MR) is 108 cm³/mol. The van der Waals surface area contributed by atoms with Crippen molar-refractivity contribution in [1.29, 1.82) is 0 Å². The van der Waals surface area contributed by atoms with Crippen molar-refractivity contribution in [2.45, 2.75) is 0 Å². The van der Waals surface area contributed by atoms with Gasteiger partial charge in [-0.25, -0.2) is 5.43 Å². The lowest BCUT2D eigenvalue weighted by molar-refractivity contribution is -0.119. The van der Waals surface area contributed by atoms with Crippen LogP contribution in [0.1, 0.15) is 5.56 Å². The Hall–Kier alpha value is -3.54. The minimum absolute atomic E-state index is 0.127. The molecule has 0 aliphatic heterocycles. The summed E-state index contributed by atoms with van der Waals surface area (Å²) in [5, 5.41) is 9.35. The third-order valence-corrected chi connectivity index (χ3v) is 4.01. The summed E-state index contributed by atoms with van der Waals surface area (Å²) in [4.78, 5) is 12.0. The Balaban J connectivity index is 1.53. The van der Waals surface area contributed by atoms with E-state index in [1.54, 1.807) is 32.6 Å². The highest BCUT2D eigenvalue weighted by molar-refractivity contribution is 5.87. The van der Waals surface area contributed by atoms with Crippen LogP contribution < -0.4 is 20.2 Å². The molecule has 0 unspecified atom stereocenters. The molecule has 0 fully saturated rings. The quantitative estimate of drug-likeness (QED) is 0.498. The van der Waals surface area contributed by atoms with Crippen LogP contribution in [0.5, 0.6) is 11.5 Å². The first kappa shape index (κ1) is 18.3. The van der Waals surface area contributed by atoms with Gasteiger partial charge in [0.05, 0.1) is 27.0 Å². The summed E-state index contributed by atoms with van der Waals surface area (Å²) >= 11 is 0. The Bertz CT molecular complexity index is 970. The fourth-order valence-corrected chi connectivity index (χ4v) is 2.63. The molecule has 0 aliphatic carbocycles. The Kier molecular flexibility index (Phi) is 5.89. The number of hydrazone groups is 1. The monoisotopic (exact) mass is 363 g/mol. The maximum absolute atomic E-state index is 12.0. The van der Waals surface area contributed by atoms with Gasteiger partial charge in [-0.1, -0.05) is 30.3 Å². The second kappa shape index (κ2) is 8.71. The molecule has 138 valence electrons. The SMILES string of the molecule is COc1ccc(/C=N\NC(=O)CNc2ccc3ccccc3c2)cc1OC. The van der Waals surface area contributed by atoms with E-state index >= 15 is 0 Å². The van der Waals surface area contributed by atoms with Crippen LogP contribution in [-0.4, -0.2) is 32.9 Å². The smallest absolute Gasteiger partial charge is 0.259 e. The molecule has 27 heavy (non-hydrogen) atoms. The molecule has 0 radical (unpaired) electrons. The minimum Gasteiger partial charge on any atom is -0.493 e. The molecule has 0 aliphatic rings. The lowest BCUT2D eigenvalue weighted by Crippen LogP contribution is -2.25. The Morgan fingerprint density at radius 3 is 2.52 bits per heavy atom. The van der Waals surface area contributed by atoms with E-state index in [-0.39, 0.29) is 12.5 Å². The van der Waals surface area contributed by atoms with E-state index in [0.29, 0.717) is 11.5 Å². The number of nitrogens with one attached hydrogen (secondary N) is 2. The van der Waals surface area contributed by atoms with Gasteiger partial charge in [-0.2, -0.15) is 5.10 Å². The highest BCUT2D eigenvalue weighted by Crippen LogP contribution is 2.26. The first-order valence-electron chi connectivity index (χ1n) is 8.46. The summed E-state index contributed by atoms with van der Waals surface area (Å²) in [6.07, 6.45) is 1.55. The average Bonchev–Trinajstić information content (AvgIpc) is 2.72. The molecule has 0 saturated heterocycles. The summed E-state index contributed by atoms with van der Waals surface area (Å²) in [5.41, 5.74) is 4.17. The number of hydrogen-bond donors (Lipinski definition) is 2. The Morgan fingerprint density at radius 2 is 1.74 bits per heavy atom. The molecule has 6 heteroatoms. The molecular formula is C21H21N3O3. The van der Waals surface area contributed by atoms with Gasteiger partial charge < -0.3 is 14.8 Å². The van der Waals surface area contributed by atoms with Crippen molar-refractivity contribution in [3.05, 3.63) is 66.2 Å². The lowest BCUT2D eigenvalue weighted by Gasteiger charge is -2.08. The van der Waals surface area contributed by atoms with E-state index in [0.717, 1.165) is 22.0 Å². The fraction of sp³-hybridized carbons (Fsp3) is 0.143. The molecule has 0 aromatic heterocycles. The summed E-state index contributed by atoms with van der Waals surface area (Å²) < 4.78 is 10.4. The first-order valence-corrected chi connectivity index (χ1v) is 8.46. The van der Waals surface area contributed by atoms with Crippen molar-refractivity contribution in [2.24, 2.45) is 5.10 Å². The predicted octanol–water partition coefficient (Wildman–Crippen LogP) is 3.42. The number of nitrogens with zero attached hydrogens (tertiary/aromatic N) is 1. The second-order valence-corrected chi connectivity index (χ2v) is 5.82. The van der Waals surface area contributed by atoms with Crippen molar-refractivity contribution in [2.75, 3.05) is 26.1 Å². The van der Waals surface area contributed by atoms with Crippen molar-refractivity contribution < 1.29 is 14.3 Å². The Labute approximate surface area is 157 Å². The van der Waals surface area contributed by atoms with Crippen LogP contribution in [0.2, 0.25) is 0 Å². The number of hydrogen-bond acceptors (Lipinski definition) is 5. The number of ether oxygens (including phenoxy) is 2. The highest BCUT2D eigenvalue weighted by Gasteiger charge is 2.04. The van der Waals surface area contributed by atoms with Gasteiger partial charge in [0.25, 0.3) is 5.91 Å². The van der Waals surface area contributed by atoms with Gasteiger partial charge in [0.2, 0.25) is 0 Å². The maximum Gasteiger partial charge on any atom is 0.259 e. The van der Waals surface area contributed by atoms with Gasteiger partial charge in [0, 0.05) is 5.69 Å². The number of amides is 1. The molecule has 0 bridgehead atoms. The summed E-state index contributed by atoms with van der Waals surface area (Å²) in [7, 11) is 3.15. The van der Waals surface area contributed by atoms with Gasteiger partial charge in [-0.05, 0) is 46.7 Å². The molecule has 3 rings (SSSR count). The van der Waals surface area contributed by atoms with E-state index in [2.05, 4.69) is 21.9 Å². The van der Waals surface area contributed by atoms with Crippen molar-refractivity contribution in [3.63, 3.8) is 0 Å². The number of carbonyl (C=O) groups is 1. The largest absolute Gasteiger partial charge is 0.493 e. The van der Waals surface area contributed by atoms with Gasteiger partial charge in [-0.15, -0.1) is 0 Å². The fourth-order valence-electron chi connectivity index (χ4n) is 2.63. The molecular weight excluding hydrogens is 342 g/mol. The zero-order chi connectivity index (χ0) is 19.1. The lowest BCUT2D eigenvalue weighted by atomic mass is 10.1. The average molecular weight is 363 g/mol. The van der Waals surface area contributed by atoms with Gasteiger partial charge >= 0.3 is 0 Å². The summed E-state index contributed by atoms with van der Waals surface area (Å²) in [5.74, 6) is 1.00. The van der Waals surface area contributed by atoms with Crippen molar-refractivity contribution in [3.8, 4) is 11.5 Å². The van der Waals surface area contributed by atoms with Crippen LogP contribution in [0.4, 0.5) is 5.69 Å². The maximum atomic E-state index is 12.0. The molecule has 3 aromatic carbocycles. The molecule has 2 N–H and O–H groups in total. The standard InChI is InChI=1S/C21H21N3O3/c1-26-19-10-7-15(11-20(19)27-2)13-23-24-21(25)14-22-18-9-8-16-5-3-4-6-17(16)12-18/h3-13,22H,14H2,1-2H3,(H,24,25)/b23-13-. The van der Waals surface area contributed by atoms with Gasteiger partial charge in [0.1, 0.15) is 0 Å². The molecule has 3 aromatic rings. The van der Waals surface area contributed by atoms with E-state index in [9.17, 15) is 4.79 Å². The number of anilines is 1. The number of rotatable bonds is 7. The highest BCUT2D eigenvalue weighted by atomic mass is 16.5. The van der Waals surface area contributed by atoms with E-state index in [1.807, 2.05) is 42.5 Å². The van der Waals surface area contributed by atoms with Gasteiger partial charge in [-0.3, -0.25) is 4.79 Å². The van der Waals surface area contributed by atoms with Crippen LogP contribution in [0.25, 0.3) is 10.8 Å². The zero-order valence-corrected chi connectivity index (χ0v) is 15.2. The van der Waals surface area contributed by atoms with Crippen molar-refractivity contribution >= 4 is 28.6 Å². The van der Waals surface area contributed by atoms with Crippen LogP contribution in [0.3, 0.4) is 0 Å². The number of benzene rings is 3.